The van der Waals surface area contributed by atoms with Crippen molar-refractivity contribution >= 4 is 30.1 Å². The van der Waals surface area contributed by atoms with E-state index in [1.807, 2.05) is 37.6 Å². The van der Waals surface area contributed by atoms with E-state index in [4.69, 9.17) is 0 Å². The molecule has 1 aliphatic heterocycles. The fourth-order valence-corrected chi connectivity index (χ4v) is 5.27. The van der Waals surface area contributed by atoms with Crippen molar-refractivity contribution in [2.24, 2.45) is 17.8 Å². The molecule has 3 atom stereocenters. The molecular formula is C23H28N3O2P. The molecule has 2 fully saturated rings. The van der Waals surface area contributed by atoms with Gasteiger partial charge in [0.05, 0.1) is 0 Å². The van der Waals surface area contributed by atoms with E-state index in [0.717, 1.165) is 48.8 Å². The minimum atomic E-state index is -2.23. The predicted molar refractivity (Wildman–Crippen MR) is 119 cm³/mol. The lowest BCUT2D eigenvalue weighted by Crippen LogP contribution is -2.27. The highest BCUT2D eigenvalue weighted by Crippen LogP contribution is 2.54. The number of pyridine rings is 1. The number of nitrogens with one attached hydrogen (secondary N) is 1. The summed E-state index contributed by atoms with van der Waals surface area (Å²) in [5, 5.41) is 3.94. The van der Waals surface area contributed by atoms with Gasteiger partial charge < -0.3 is 14.8 Å². The zero-order valence-electron chi connectivity index (χ0n) is 17.0. The van der Waals surface area contributed by atoms with Gasteiger partial charge in [-0.15, -0.1) is 0 Å². The standard InChI is InChI=1S/C23H28N3O2P/c1-29(2,28)19-7-3-6-18(13-19)26-15-21-20(22(21)16-26)10-12-25-23(27)9-8-17-5-4-11-24-14-17/h3-9,11,13-14,20-22H,10,12,15-16H2,1-2H3,(H,25,27)/b9-8+/t20-,21-,22+. The minimum absolute atomic E-state index is 0.0540. The lowest BCUT2D eigenvalue weighted by molar-refractivity contribution is -0.116. The topological polar surface area (TPSA) is 62.3 Å². The molecule has 0 bridgehead atoms. The van der Waals surface area contributed by atoms with Crippen LogP contribution in [-0.2, 0) is 9.36 Å². The molecule has 1 aromatic heterocycles. The van der Waals surface area contributed by atoms with Gasteiger partial charge in [0.2, 0.25) is 5.91 Å². The number of hydrogen-bond acceptors (Lipinski definition) is 4. The molecule has 0 spiro atoms. The third kappa shape index (κ3) is 4.79. The van der Waals surface area contributed by atoms with E-state index in [0.29, 0.717) is 5.92 Å². The molecule has 1 saturated carbocycles. The van der Waals surface area contributed by atoms with Gasteiger partial charge in [-0.05, 0) is 67.3 Å². The fourth-order valence-electron chi connectivity index (χ4n) is 4.38. The first-order chi connectivity index (χ1) is 13.9. The Morgan fingerprint density at radius 1 is 1.24 bits per heavy atom. The highest BCUT2D eigenvalue weighted by atomic mass is 31.2. The van der Waals surface area contributed by atoms with E-state index in [9.17, 15) is 9.36 Å². The van der Waals surface area contributed by atoms with Crippen molar-refractivity contribution in [3.63, 3.8) is 0 Å². The van der Waals surface area contributed by atoms with Crippen molar-refractivity contribution < 1.29 is 9.36 Å². The van der Waals surface area contributed by atoms with Gasteiger partial charge >= 0.3 is 0 Å². The Bertz CT molecular complexity index is 942. The van der Waals surface area contributed by atoms with E-state index in [1.54, 1.807) is 24.5 Å². The summed E-state index contributed by atoms with van der Waals surface area (Å²) in [6.07, 6.45) is 7.84. The summed E-state index contributed by atoms with van der Waals surface area (Å²) in [5.41, 5.74) is 2.11. The third-order valence-corrected chi connectivity index (χ3v) is 7.60. The monoisotopic (exact) mass is 409 g/mol. The summed E-state index contributed by atoms with van der Waals surface area (Å²) < 4.78 is 12.3. The van der Waals surface area contributed by atoms with Crippen LogP contribution in [0, 0.1) is 17.8 Å². The Labute approximate surface area is 172 Å². The van der Waals surface area contributed by atoms with Crippen molar-refractivity contribution in [2.45, 2.75) is 6.42 Å². The van der Waals surface area contributed by atoms with Crippen LogP contribution in [0.1, 0.15) is 12.0 Å². The van der Waals surface area contributed by atoms with Crippen LogP contribution in [0.4, 0.5) is 5.69 Å². The summed E-state index contributed by atoms with van der Waals surface area (Å²) >= 11 is 0. The summed E-state index contributed by atoms with van der Waals surface area (Å²) in [6, 6.07) is 12.0. The number of nitrogens with zero attached hydrogens (tertiary/aromatic N) is 2. The first-order valence-electron chi connectivity index (χ1n) is 10.2. The molecule has 2 aromatic rings. The lowest BCUT2D eigenvalue weighted by Gasteiger charge is -2.23. The number of carbonyl (C=O) groups excluding carboxylic acids is 1. The van der Waals surface area contributed by atoms with Crippen molar-refractivity contribution in [3.8, 4) is 0 Å². The molecule has 1 aromatic carbocycles. The Kier molecular flexibility index (Phi) is 5.60. The first-order valence-corrected chi connectivity index (χ1v) is 12.8. The van der Waals surface area contributed by atoms with Crippen LogP contribution in [-0.4, -0.2) is 43.9 Å². The van der Waals surface area contributed by atoms with Gasteiger partial charge in [0.1, 0.15) is 7.14 Å². The second kappa shape index (κ2) is 8.16. The van der Waals surface area contributed by atoms with Crippen LogP contribution in [0.25, 0.3) is 6.08 Å². The number of benzene rings is 1. The smallest absolute Gasteiger partial charge is 0.244 e. The Morgan fingerprint density at radius 2 is 2.03 bits per heavy atom. The Balaban J connectivity index is 1.21. The van der Waals surface area contributed by atoms with E-state index in [-0.39, 0.29) is 5.91 Å². The van der Waals surface area contributed by atoms with Crippen molar-refractivity contribution in [2.75, 3.05) is 37.9 Å². The van der Waals surface area contributed by atoms with Gasteiger partial charge in [0.25, 0.3) is 0 Å². The quantitative estimate of drug-likeness (QED) is 0.563. The predicted octanol–water partition coefficient (Wildman–Crippen LogP) is 3.23. The fraction of sp³-hybridized carbons (Fsp3) is 0.391. The molecule has 4 rings (SSSR count). The molecule has 1 aliphatic carbocycles. The van der Waals surface area contributed by atoms with Crippen LogP contribution in [0.15, 0.2) is 54.9 Å². The number of anilines is 1. The molecule has 0 radical (unpaired) electrons. The highest BCUT2D eigenvalue weighted by Gasteiger charge is 2.54. The summed E-state index contributed by atoms with van der Waals surface area (Å²) in [4.78, 5) is 18.4. The van der Waals surface area contributed by atoms with Gasteiger partial charge in [-0.25, -0.2) is 0 Å². The van der Waals surface area contributed by atoms with Gasteiger partial charge in [-0.3, -0.25) is 9.78 Å². The molecule has 1 amide bonds. The second-order valence-electron chi connectivity index (χ2n) is 8.47. The molecular weight excluding hydrogens is 381 g/mol. The maximum atomic E-state index is 12.3. The van der Waals surface area contributed by atoms with Crippen LogP contribution in [0.3, 0.4) is 0 Å². The molecule has 0 unspecified atom stereocenters. The SMILES string of the molecule is CP(C)(=O)c1cccc(N2C[C@@H]3[C@@H](CCNC(=O)/C=C/c4cccnc4)[C@@H]3C2)c1. The number of fused-ring (bicyclic) bond motifs is 1. The average molecular weight is 409 g/mol. The maximum Gasteiger partial charge on any atom is 0.244 e. The number of amides is 1. The largest absolute Gasteiger partial charge is 0.371 e. The molecule has 6 heteroatoms. The summed E-state index contributed by atoms with van der Waals surface area (Å²) in [6.45, 7) is 6.49. The van der Waals surface area contributed by atoms with E-state index in [1.165, 1.54) is 5.69 Å². The van der Waals surface area contributed by atoms with Gasteiger partial charge in [-0.2, -0.15) is 0 Å². The Morgan fingerprint density at radius 3 is 2.72 bits per heavy atom. The second-order valence-corrected chi connectivity index (χ2v) is 11.7. The number of aromatic nitrogens is 1. The normalized spacial score (nSPS) is 23.2. The summed E-state index contributed by atoms with van der Waals surface area (Å²) in [5.74, 6) is 2.09. The molecule has 1 saturated heterocycles. The average Bonchev–Trinajstić information content (AvgIpc) is 3.15. The van der Waals surface area contributed by atoms with Crippen LogP contribution >= 0.6 is 7.14 Å². The Hall–Kier alpha value is -2.39. The van der Waals surface area contributed by atoms with E-state index >= 15 is 0 Å². The van der Waals surface area contributed by atoms with Crippen LogP contribution < -0.4 is 15.5 Å². The molecule has 5 nitrogen and oxygen atoms in total. The molecule has 2 heterocycles. The molecule has 1 N–H and O–H groups in total. The summed E-state index contributed by atoms with van der Waals surface area (Å²) in [7, 11) is -2.23. The van der Waals surface area contributed by atoms with Crippen molar-refractivity contribution in [3.05, 3.63) is 60.4 Å². The molecule has 2 aliphatic rings. The van der Waals surface area contributed by atoms with Gasteiger partial charge in [0, 0.05) is 49.1 Å². The van der Waals surface area contributed by atoms with Crippen molar-refractivity contribution in [1.29, 1.82) is 0 Å². The zero-order chi connectivity index (χ0) is 20.4. The van der Waals surface area contributed by atoms with Gasteiger partial charge in [0.15, 0.2) is 0 Å². The highest BCUT2D eigenvalue weighted by molar-refractivity contribution is 7.70. The lowest BCUT2D eigenvalue weighted by atomic mass is 10.2. The number of rotatable bonds is 7. The molecule has 29 heavy (non-hydrogen) atoms. The molecule has 152 valence electrons. The van der Waals surface area contributed by atoms with E-state index < -0.39 is 7.14 Å². The van der Waals surface area contributed by atoms with Crippen molar-refractivity contribution in [1.82, 2.24) is 10.3 Å². The first kappa shape index (κ1) is 19.9. The number of piperidine rings is 1. The minimum Gasteiger partial charge on any atom is -0.371 e. The van der Waals surface area contributed by atoms with Gasteiger partial charge in [-0.1, -0.05) is 18.2 Å². The number of carbonyl (C=O) groups is 1. The third-order valence-electron chi connectivity index (χ3n) is 6.08. The van der Waals surface area contributed by atoms with Crippen LogP contribution in [0.2, 0.25) is 0 Å². The number of hydrogen-bond donors (Lipinski definition) is 1. The maximum absolute atomic E-state index is 12.3. The van der Waals surface area contributed by atoms with Crippen LogP contribution in [0.5, 0.6) is 0 Å². The van der Waals surface area contributed by atoms with E-state index in [2.05, 4.69) is 27.3 Å². The zero-order valence-corrected chi connectivity index (χ0v) is 17.9.